The van der Waals surface area contributed by atoms with Gasteiger partial charge in [-0.15, -0.1) is 0 Å². The number of nitrogens with zero attached hydrogens (tertiary/aromatic N) is 1. The van der Waals surface area contributed by atoms with Crippen LogP contribution in [-0.4, -0.2) is 11.7 Å². The maximum Gasteiger partial charge on any atom is 0.119 e. The number of ether oxygens (including phenoxy) is 1. The number of methoxy groups -OCH3 is 1. The fraction of sp³-hybridized carbons (Fsp3) is 0.111. The second kappa shape index (κ2) is 5.75. The van der Waals surface area contributed by atoms with Crippen LogP contribution in [-0.2, 0) is 7.05 Å². The molecule has 0 radical (unpaired) electrons. The van der Waals surface area contributed by atoms with Gasteiger partial charge in [0.15, 0.2) is 0 Å². The maximum atomic E-state index is 5.18. The predicted molar refractivity (Wildman–Crippen MR) is 87.1 cm³/mol. The minimum absolute atomic E-state index is 0.858. The van der Waals surface area contributed by atoms with Crippen LogP contribution in [0.1, 0.15) is 0 Å². The Balaban J connectivity index is 1.92. The van der Waals surface area contributed by atoms with Crippen LogP contribution in [0.2, 0.25) is 0 Å². The first-order valence-electron chi connectivity index (χ1n) is 6.89. The Morgan fingerprint density at radius 1 is 0.905 bits per heavy atom. The molecule has 3 nitrogen and oxygen atoms in total. The molecule has 3 rings (SSSR count). The molecular weight excluding hydrogens is 260 g/mol. The molecule has 0 atom stereocenters. The molecule has 0 unspecified atom stereocenters. The average molecular weight is 278 g/mol. The second-order valence-corrected chi connectivity index (χ2v) is 4.97. The fourth-order valence-electron chi connectivity index (χ4n) is 2.36. The van der Waals surface area contributed by atoms with Crippen LogP contribution in [0.3, 0.4) is 0 Å². The van der Waals surface area contributed by atoms with Gasteiger partial charge in [-0.3, -0.25) is 0 Å². The molecule has 1 aromatic heterocycles. The summed E-state index contributed by atoms with van der Waals surface area (Å²) in [5, 5.41) is 3.47. The van der Waals surface area contributed by atoms with Gasteiger partial charge in [0.05, 0.1) is 12.8 Å². The highest BCUT2D eigenvalue weighted by Gasteiger charge is 2.08. The van der Waals surface area contributed by atoms with Crippen LogP contribution in [0.15, 0.2) is 67.0 Å². The normalized spacial score (nSPS) is 10.4. The van der Waals surface area contributed by atoms with Crippen LogP contribution in [0.4, 0.5) is 11.4 Å². The Labute approximate surface area is 124 Å². The lowest BCUT2D eigenvalue weighted by Crippen LogP contribution is -1.91. The largest absolute Gasteiger partial charge is 0.497 e. The first-order valence-corrected chi connectivity index (χ1v) is 6.89. The summed E-state index contributed by atoms with van der Waals surface area (Å²) < 4.78 is 7.25. The molecule has 0 aliphatic rings. The van der Waals surface area contributed by atoms with E-state index >= 15 is 0 Å². The SMILES string of the molecule is COc1ccc(Nc2cn(C)cc2-c2ccccc2)cc1. The van der Waals surface area contributed by atoms with E-state index in [1.807, 2.05) is 37.4 Å². The number of anilines is 2. The highest BCUT2D eigenvalue weighted by molar-refractivity contribution is 5.80. The lowest BCUT2D eigenvalue weighted by Gasteiger charge is -2.08. The molecule has 0 saturated heterocycles. The van der Waals surface area contributed by atoms with Crippen molar-refractivity contribution >= 4 is 11.4 Å². The Kier molecular flexibility index (Phi) is 3.65. The van der Waals surface area contributed by atoms with Crippen molar-refractivity contribution in [1.82, 2.24) is 4.57 Å². The van der Waals surface area contributed by atoms with Crippen LogP contribution >= 0.6 is 0 Å². The van der Waals surface area contributed by atoms with Gasteiger partial charge in [0.2, 0.25) is 0 Å². The zero-order chi connectivity index (χ0) is 14.7. The molecule has 0 spiro atoms. The summed E-state index contributed by atoms with van der Waals surface area (Å²) in [6.45, 7) is 0. The molecule has 2 aromatic carbocycles. The van der Waals surface area contributed by atoms with Gasteiger partial charge in [-0.05, 0) is 29.8 Å². The van der Waals surface area contributed by atoms with Gasteiger partial charge in [0.25, 0.3) is 0 Å². The zero-order valence-corrected chi connectivity index (χ0v) is 12.2. The summed E-state index contributed by atoms with van der Waals surface area (Å²) in [5.74, 6) is 0.858. The molecule has 0 amide bonds. The molecule has 3 heteroatoms. The summed E-state index contributed by atoms with van der Waals surface area (Å²) in [5.41, 5.74) is 4.52. The Morgan fingerprint density at radius 2 is 1.62 bits per heavy atom. The van der Waals surface area contributed by atoms with Crippen LogP contribution in [0.5, 0.6) is 5.75 Å². The van der Waals surface area contributed by atoms with Gasteiger partial charge < -0.3 is 14.6 Å². The summed E-state index contributed by atoms with van der Waals surface area (Å²) >= 11 is 0. The van der Waals surface area contributed by atoms with E-state index in [-0.39, 0.29) is 0 Å². The van der Waals surface area contributed by atoms with Crippen LogP contribution < -0.4 is 10.1 Å². The molecule has 21 heavy (non-hydrogen) atoms. The van der Waals surface area contributed by atoms with Crippen molar-refractivity contribution in [3.63, 3.8) is 0 Å². The number of aromatic nitrogens is 1. The van der Waals surface area contributed by atoms with E-state index in [0.29, 0.717) is 0 Å². The third-order valence-electron chi connectivity index (χ3n) is 3.41. The Hall–Kier alpha value is -2.68. The summed E-state index contributed by atoms with van der Waals surface area (Å²) in [7, 11) is 3.71. The molecular formula is C18H18N2O. The average Bonchev–Trinajstić information content (AvgIpc) is 2.89. The maximum absolute atomic E-state index is 5.18. The number of rotatable bonds is 4. The van der Waals surface area contributed by atoms with Crippen molar-refractivity contribution in [2.24, 2.45) is 7.05 Å². The predicted octanol–water partition coefficient (Wildman–Crippen LogP) is 4.44. The third-order valence-corrected chi connectivity index (χ3v) is 3.41. The summed E-state index contributed by atoms with van der Waals surface area (Å²) in [6.07, 6.45) is 4.22. The molecule has 106 valence electrons. The quantitative estimate of drug-likeness (QED) is 0.763. The van der Waals surface area contributed by atoms with Gasteiger partial charge >= 0.3 is 0 Å². The van der Waals surface area contributed by atoms with E-state index < -0.39 is 0 Å². The number of aryl methyl sites for hydroxylation is 1. The topological polar surface area (TPSA) is 26.2 Å². The molecule has 0 aliphatic heterocycles. The molecule has 3 aromatic rings. The fourth-order valence-corrected chi connectivity index (χ4v) is 2.36. The standard InChI is InChI=1S/C18H18N2O/c1-20-12-17(14-6-4-3-5-7-14)18(13-20)19-15-8-10-16(21-2)11-9-15/h3-13,19H,1-2H3. The summed E-state index contributed by atoms with van der Waals surface area (Å²) in [6, 6.07) is 18.3. The Bertz CT molecular complexity index is 715. The van der Waals surface area contributed by atoms with E-state index in [1.54, 1.807) is 7.11 Å². The number of nitrogens with one attached hydrogen (secondary N) is 1. The lowest BCUT2D eigenvalue weighted by molar-refractivity contribution is 0.415. The van der Waals surface area contributed by atoms with Crippen molar-refractivity contribution in [3.05, 3.63) is 67.0 Å². The van der Waals surface area contributed by atoms with E-state index in [2.05, 4.69) is 46.5 Å². The van der Waals surface area contributed by atoms with Crippen LogP contribution in [0.25, 0.3) is 11.1 Å². The number of hydrogen-bond acceptors (Lipinski definition) is 2. The molecule has 1 heterocycles. The first kappa shape index (κ1) is 13.3. The summed E-state index contributed by atoms with van der Waals surface area (Å²) in [4.78, 5) is 0. The van der Waals surface area contributed by atoms with Gasteiger partial charge in [-0.1, -0.05) is 30.3 Å². The van der Waals surface area contributed by atoms with E-state index in [9.17, 15) is 0 Å². The lowest BCUT2D eigenvalue weighted by atomic mass is 10.1. The molecule has 1 N–H and O–H groups in total. The second-order valence-electron chi connectivity index (χ2n) is 4.97. The van der Waals surface area contributed by atoms with Crippen molar-refractivity contribution in [2.75, 3.05) is 12.4 Å². The van der Waals surface area contributed by atoms with Crippen molar-refractivity contribution in [3.8, 4) is 16.9 Å². The van der Waals surface area contributed by atoms with Gasteiger partial charge in [0, 0.05) is 30.7 Å². The molecule has 0 aliphatic carbocycles. The van der Waals surface area contributed by atoms with Gasteiger partial charge in [-0.2, -0.15) is 0 Å². The van der Waals surface area contributed by atoms with Crippen molar-refractivity contribution in [1.29, 1.82) is 0 Å². The highest BCUT2D eigenvalue weighted by Crippen LogP contribution is 2.31. The van der Waals surface area contributed by atoms with E-state index in [1.165, 1.54) is 11.1 Å². The highest BCUT2D eigenvalue weighted by atomic mass is 16.5. The van der Waals surface area contributed by atoms with Crippen molar-refractivity contribution in [2.45, 2.75) is 0 Å². The first-order chi connectivity index (χ1) is 10.3. The van der Waals surface area contributed by atoms with Crippen molar-refractivity contribution < 1.29 is 4.74 Å². The molecule has 0 bridgehead atoms. The minimum Gasteiger partial charge on any atom is -0.497 e. The number of hydrogen-bond donors (Lipinski definition) is 1. The molecule has 0 saturated carbocycles. The van der Waals surface area contributed by atoms with Gasteiger partial charge in [-0.25, -0.2) is 0 Å². The van der Waals surface area contributed by atoms with Crippen LogP contribution in [0, 0.1) is 0 Å². The smallest absolute Gasteiger partial charge is 0.119 e. The van der Waals surface area contributed by atoms with E-state index in [0.717, 1.165) is 17.1 Å². The van der Waals surface area contributed by atoms with Gasteiger partial charge in [0.1, 0.15) is 5.75 Å². The third kappa shape index (κ3) is 2.92. The number of benzene rings is 2. The monoisotopic (exact) mass is 278 g/mol. The Morgan fingerprint density at radius 3 is 2.29 bits per heavy atom. The zero-order valence-electron chi connectivity index (χ0n) is 12.2. The molecule has 0 fully saturated rings. The van der Waals surface area contributed by atoms with E-state index in [4.69, 9.17) is 4.74 Å². The minimum atomic E-state index is 0.858.